The van der Waals surface area contributed by atoms with Gasteiger partial charge in [-0.05, 0) is 42.7 Å². The highest BCUT2D eigenvalue weighted by Crippen LogP contribution is 2.41. The van der Waals surface area contributed by atoms with Gasteiger partial charge in [-0.3, -0.25) is 4.79 Å². The van der Waals surface area contributed by atoms with Gasteiger partial charge in [-0.15, -0.1) is 0 Å². The Labute approximate surface area is 171 Å². The van der Waals surface area contributed by atoms with Crippen LogP contribution in [-0.4, -0.2) is 33.6 Å². The lowest BCUT2D eigenvalue weighted by molar-refractivity contribution is -0.118. The summed E-state index contributed by atoms with van der Waals surface area (Å²) in [5.41, 5.74) is -4.05. The monoisotopic (exact) mass is 424 g/mol. The van der Waals surface area contributed by atoms with E-state index in [1.165, 1.54) is 24.3 Å². The molecule has 0 radical (unpaired) electrons. The van der Waals surface area contributed by atoms with E-state index in [9.17, 15) is 18.0 Å². The van der Waals surface area contributed by atoms with Crippen molar-refractivity contribution >= 4 is 29.0 Å². The maximum Gasteiger partial charge on any atom is 0.446 e. The van der Waals surface area contributed by atoms with E-state index in [0.717, 1.165) is 25.7 Å². The van der Waals surface area contributed by atoms with Crippen molar-refractivity contribution in [1.82, 2.24) is 14.9 Å². The Balaban J connectivity index is 1.95. The molecule has 0 aromatic carbocycles. The first-order chi connectivity index (χ1) is 13.8. The predicted octanol–water partition coefficient (Wildman–Crippen LogP) is 4.57. The summed E-state index contributed by atoms with van der Waals surface area (Å²) in [7, 11) is 0. The largest absolute Gasteiger partial charge is 0.446 e. The number of amides is 1. The average Bonchev–Trinajstić information content (AvgIpc) is 2.80. The molecule has 0 spiro atoms. The van der Waals surface area contributed by atoms with Gasteiger partial charge in [-0.25, -0.2) is 4.52 Å². The van der Waals surface area contributed by atoms with Crippen LogP contribution in [0.3, 0.4) is 0 Å². The molecule has 0 atom stereocenters. The third kappa shape index (κ3) is 6.07. The molecule has 1 amide bonds. The van der Waals surface area contributed by atoms with Crippen LogP contribution < -0.4 is 10.6 Å². The first-order valence-corrected chi connectivity index (χ1v) is 10.4. The molecule has 3 rings (SSSR count). The Bertz CT molecular complexity index is 921. The molecule has 0 aliphatic heterocycles. The van der Waals surface area contributed by atoms with Crippen LogP contribution >= 0.6 is 11.8 Å². The Kier molecular flexibility index (Phi) is 6.96. The van der Waals surface area contributed by atoms with E-state index in [1.807, 2.05) is 6.07 Å². The smallest absolute Gasteiger partial charge is 0.367 e. The van der Waals surface area contributed by atoms with Crippen molar-refractivity contribution in [2.75, 3.05) is 11.9 Å². The van der Waals surface area contributed by atoms with E-state index in [0.29, 0.717) is 11.3 Å². The molecule has 0 saturated heterocycles. The molecule has 2 heterocycles. The van der Waals surface area contributed by atoms with Gasteiger partial charge >= 0.3 is 5.51 Å². The van der Waals surface area contributed by atoms with E-state index < -0.39 is 5.51 Å². The van der Waals surface area contributed by atoms with E-state index in [1.54, 1.807) is 12.1 Å². The number of thioether (sulfide) groups is 1. The number of rotatable bonds is 4. The van der Waals surface area contributed by atoms with Crippen LogP contribution in [-0.2, 0) is 4.79 Å². The van der Waals surface area contributed by atoms with Crippen molar-refractivity contribution in [1.29, 1.82) is 0 Å². The molecule has 2 N–H and O–H groups in total. The molecular weight excluding hydrogens is 401 g/mol. The van der Waals surface area contributed by atoms with Crippen molar-refractivity contribution in [3.8, 4) is 11.8 Å². The summed E-state index contributed by atoms with van der Waals surface area (Å²) in [5.74, 6) is 5.75. The summed E-state index contributed by atoms with van der Waals surface area (Å²) < 4.78 is 40.9. The average molecular weight is 424 g/mol. The summed E-state index contributed by atoms with van der Waals surface area (Å²) in [6.07, 6.45) is 6.77. The number of hydrogen-bond acceptors (Lipinski definition) is 4. The number of fused-ring (bicyclic) bond motifs is 1. The molecule has 1 aliphatic rings. The maximum absolute atomic E-state index is 13.1. The topological polar surface area (TPSA) is 58.4 Å². The van der Waals surface area contributed by atoms with Gasteiger partial charge in [0, 0.05) is 13.0 Å². The van der Waals surface area contributed by atoms with Gasteiger partial charge in [0.1, 0.15) is 11.5 Å². The fourth-order valence-electron chi connectivity index (χ4n) is 3.38. The fourth-order valence-corrected chi connectivity index (χ4v) is 4.06. The van der Waals surface area contributed by atoms with Gasteiger partial charge < -0.3 is 10.6 Å². The minimum atomic E-state index is -4.46. The van der Waals surface area contributed by atoms with Crippen molar-refractivity contribution in [3.05, 3.63) is 23.9 Å². The number of aromatic nitrogens is 2. The van der Waals surface area contributed by atoms with Gasteiger partial charge in [-0.1, -0.05) is 37.7 Å². The van der Waals surface area contributed by atoms with Crippen molar-refractivity contribution in [2.45, 2.75) is 61.9 Å². The molecule has 2 aromatic heterocycles. The highest BCUT2D eigenvalue weighted by molar-refractivity contribution is 8.00. The zero-order chi connectivity index (χ0) is 20.9. The lowest BCUT2D eigenvalue weighted by Crippen LogP contribution is -2.20. The van der Waals surface area contributed by atoms with E-state index >= 15 is 0 Å². The molecule has 2 aromatic rings. The van der Waals surface area contributed by atoms with Crippen LogP contribution in [0.2, 0.25) is 0 Å². The number of pyridine rings is 1. The van der Waals surface area contributed by atoms with Gasteiger partial charge in [0.05, 0.1) is 17.0 Å². The van der Waals surface area contributed by atoms with Gasteiger partial charge in [0.2, 0.25) is 5.91 Å². The second-order valence-electron chi connectivity index (χ2n) is 6.98. The first-order valence-electron chi connectivity index (χ1n) is 9.61. The third-order valence-corrected chi connectivity index (χ3v) is 5.51. The Hall–Kier alpha value is -2.34. The molecule has 9 heteroatoms. The van der Waals surface area contributed by atoms with Crippen molar-refractivity contribution < 1.29 is 18.0 Å². The molecule has 5 nitrogen and oxygen atoms in total. The normalized spacial score (nSPS) is 15.4. The number of nitrogens with zero attached hydrogens (tertiary/aromatic N) is 2. The number of anilines is 1. The highest BCUT2D eigenvalue weighted by Gasteiger charge is 2.33. The van der Waals surface area contributed by atoms with E-state index in [-0.39, 0.29) is 40.8 Å². The van der Waals surface area contributed by atoms with E-state index in [2.05, 4.69) is 27.6 Å². The highest BCUT2D eigenvalue weighted by atomic mass is 32.2. The second kappa shape index (κ2) is 9.44. The zero-order valence-electron chi connectivity index (χ0n) is 16.1. The molecule has 1 aliphatic carbocycles. The van der Waals surface area contributed by atoms with Gasteiger partial charge in [0.25, 0.3) is 0 Å². The standard InChI is InChI=1S/C20H23F3N4OS/c1-14(28)24-13-7-10-16-19(29-20(21,22)23)17-11-6-12-18(27(17)26-16)25-15-8-4-2-3-5-9-15/h6,11-12,15,25H,2-5,8-9,13H2,1H3,(H,24,28). The summed E-state index contributed by atoms with van der Waals surface area (Å²) in [6.45, 7) is 1.40. The molecule has 1 fully saturated rings. The SMILES string of the molecule is CC(=O)NCC#Cc1nn2c(NC3CCCCCC3)cccc2c1SC(F)(F)F. The van der Waals surface area contributed by atoms with E-state index in [4.69, 9.17) is 0 Å². The van der Waals surface area contributed by atoms with Gasteiger partial charge in [-0.2, -0.15) is 18.3 Å². The summed E-state index contributed by atoms with van der Waals surface area (Å²) in [4.78, 5) is 10.9. The quantitative estimate of drug-likeness (QED) is 0.429. The van der Waals surface area contributed by atoms with Crippen LogP contribution in [0.4, 0.5) is 19.0 Å². The van der Waals surface area contributed by atoms with Crippen LogP contribution in [0.1, 0.15) is 51.1 Å². The molecule has 0 bridgehead atoms. The molecule has 156 valence electrons. The third-order valence-electron chi connectivity index (χ3n) is 4.67. The molecular formula is C20H23F3N4OS. The number of carbonyl (C=O) groups is 1. The van der Waals surface area contributed by atoms with Crippen LogP contribution in [0, 0.1) is 11.8 Å². The van der Waals surface area contributed by atoms with Crippen LogP contribution in [0.25, 0.3) is 5.52 Å². The molecule has 29 heavy (non-hydrogen) atoms. The molecule has 1 saturated carbocycles. The van der Waals surface area contributed by atoms with Crippen LogP contribution in [0.15, 0.2) is 23.1 Å². The number of alkyl halides is 3. The number of halogens is 3. The maximum atomic E-state index is 13.1. The number of carbonyl (C=O) groups excluding carboxylic acids is 1. The summed E-state index contributed by atoms with van der Waals surface area (Å²) >= 11 is -0.215. The number of hydrogen-bond donors (Lipinski definition) is 2. The lowest BCUT2D eigenvalue weighted by atomic mass is 10.1. The van der Waals surface area contributed by atoms with Gasteiger partial charge in [0.15, 0.2) is 0 Å². The Morgan fingerprint density at radius 3 is 2.66 bits per heavy atom. The van der Waals surface area contributed by atoms with Crippen molar-refractivity contribution in [2.24, 2.45) is 0 Å². The lowest BCUT2D eigenvalue weighted by Gasteiger charge is -2.18. The zero-order valence-corrected chi connectivity index (χ0v) is 16.9. The fraction of sp³-hybridized carbons (Fsp3) is 0.500. The minimum absolute atomic E-state index is 0.0302. The number of nitrogens with one attached hydrogen (secondary N) is 2. The first kappa shape index (κ1) is 21.4. The Morgan fingerprint density at radius 2 is 2.00 bits per heavy atom. The Morgan fingerprint density at radius 1 is 1.28 bits per heavy atom. The predicted molar refractivity (Wildman–Crippen MR) is 108 cm³/mol. The molecule has 0 unspecified atom stereocenters. The van der Waals surface area contributed by atoms with Crippen LogP contribution in [0.5, 0.6) is 0 Å². The second-order valence-corrected chi connectivity index (χ2v) is 8.05. The summed E-state index contributed by atoms with van der Waals surface area (Å²) in [5, 5.41) is 10.3. The van der Waals surface area contributed by atoms with Crippen molar-refractivity contribution in [3.63, 3.8) is 0 Å². The summed E-state index contributed by atoms with van der Waals surface area (Å²) in [6, 6.07) is 5.44. The minimum Gasteiger partial charge on any atom is -0.367 e.